The van der Waals surface area contributed by atoms with E-state index in [1.165, 1.54) is 5.56 Å². The minimum atomic E-state index is 0.326. The number of hydrogen-bond acceptors (Lipinski definition) is 2. The van der Waals surface area contributed by atoms with E-state index in [2.05, 4.69) is 34.9 Å². The summed E-state index contributed by atoms with van der Waals surface area (Å²) >= 11 is 3.26. The Morgan fingerprint density at radius 3 is 2.64 bits per heavy atom. The summed E-state index contributed by atoms with van der Waals surface area (Å²) in [5, 5.41) is 9.45. The highest BCUT2D eigenvalue weighted by Gasteiger charge is 1.99. The molecule has 0 saturated carbocycles. The molecule has 0 aliphatic rings. The van der Waals surface area contributed by atoms with Crippen molar-refractivity contribution in [2.45, 2.75) is 12.8 Å². The van der Waals surface area contributed by atoms with Gasteiger partial charge in [0, 0.05) is 0 Å². The SMILES string of the molecule is CN(C)CCCc1ccc(Br)c(O)c1. The van der Waals surface area contributed by atoms with Gasteiger partial charge in [0.25, 0.3) is 0 Å². The van der Waals surface area contributed by atoms with Crippen molar-refractivity contribution in [1.29, 1.82) is 0 Å². The average molecular weight is 258 g/mol. The monoisotopic (exact) mass is 257 g/mol. The molecular formula is C11H16BrNO. The summed E-state index contributed by atoms with van der Waals surface area (Å²) in [5.41, 5.74) is 1.19. The van der Waals surface area contributed by atoms with Gasteiger partial charge in [-0.3, -0.25) is 0 Å². The molecule has 3 heteroatoms. The molecule has 0 unspecified atom stereocenters. The van der Waals surface area contributed by atoms with Gasteiger partial charge in [0.05, 0.1) is 4.47 Å². The fourth-order valence-electron chi connectivity index (χ4n) is 1.31. The molecule has 0 aliphatic heterocycles. The van der Waals surface area contributed by atoms with Gasteiger partial charge in [-0.15, -0.1) is 0 Å². The van der Waals surface area contributed by atoms with Crippen LogP contribution in [0.4, 0.5) is 0 Å². The van der Waals surface area contributed by atoms with Crippen LogP contribution in [0.25, 0.3) is 0 Å². The quantitative estimate of drug-likeness (QED) is 0.897. The van der Waals surface area contributed by atoms with Gasteiger partial charge >= 0.3 is 0 Å². The van der Waals surface area contributed by atoms with E-state index in [4.69, 9.17) is 0 Å². The Hall–Kier alpha value is -0.540. The third-order valence-corrected chi connectivity index (χ3v) is 2.75. The molecule has 14 heavy (non-hydrogen) atoms. The van der Waals surface area contributed by atoms with Crippen LogP contribution in [0.5, 0.6) is 5.75 Å². The molecule has 0 aromatic heterocycles. The second-order valence-electron chi connectivity index (χ2n) is 3.69. The van der Waals surface area contributed by atoms with Crippen molar-refractivity contribution in [1.82, 2.24) is 4.90 Å². The average Bonchev–Trinajstić information content (AvgIpc) is 2.10. The zero-order chi connectivity index (χ0) is 10.6. The molecule has 0 bridgehead atoms. The molecular weight excluding hydrogens is 242 g/mol. The normalized spacial score (nSPS) is 10.9. The van der Waals surface area contributed by atoms with Gasteiger partial charge in [-0.2, -0.15) is 0 Å². The molecule has 0 amide bonds. The Morgan fingerprint density at radius 2 is 2.07 bits per heavy atom. The number of nitrogens with zero attached hydrogens (tertiary/aromatic N) is 1. The first kappa shape index (κ1) is 11.5. The Bertz CT molecular complexity index is 299. The lowest BCUT2D eigenvalue weighted by molar-refractivity contribution is 0.400. The summed E-state index contributed by atoms with van der Waals surface area (Å²) < 4.78 is 0.758. The molecule has 0 saturated heterocycles. The van der Waals surface area contributed by atoms with Gasteiger partial charge in [-0.05, 0) is 67.1 Å². The highest BCUT2D eigenvalue weighted by atomic mass is 79.9. The summed E-state index contributed by atoms with van der Waals surface area (Å²) in [4.78, 5) is 2.17. The number of aryl methyl sites for hydroxylation is 1. The van der Waals surface area contributed by atoms with Crippen LogP contribution in [-0.2, 0) is 6.42 Å². The molecule has 78 valence electrons. The van der Waals surface area contributed by atoms with Crippen LogP contribution in [0.1, 0.15) is 12.0 Å². The molecule has 0 heterocycles. The van der Waals surface area contributed by atoms with Crippen molar-refractivity contribution in [2.75, 3.05) is 20.6 Å². The molecule has 0 spiro atoms. The summed E-state index contributed by atoms with van der Waals surface area (Å²) in [6.45, 7) is 1.08. The minimum Gasteiger partial charge on any atom is -0.507 e. The number of halogens is 1. The van der Waals surface area contributed by atoms with Crippen LogP contribution < -0.4 is 0 Å². The number of phenols is 1. The van der Waals surface area contributed by atoms with E-state index < -0.39 is 0 Å². The Balaban J connectivity index is 2.47. The van der Waals surface area contributed by atoms with E-state index in [0.717, 1.165) is 23.9 Å². The van der Waals surface area contributed by atoms with Crippen LogP contribution in [0, 0.1) is 0 Å². The number of hydrogen-bond donors (Lipinski definition) is 1. The number of aromatic hydroxyl groups is 1. The summed E-state index contributed by atoms with van der Waals surface area (Å²) in [6, 6.07) is 5.75. The van der Waals surface area contributed by atoms with Gasteiger partial charge in [0.1, 0.15) is 5.75 Å². The van der Waals surface area contributed by atoms with Gasteiger partial charge < -0.3 is 10.0 Å². The van der Waals surface area contributed by atoms with Gasteiger partial charge in [-0.25, -0.2) is 0 Å². The van der Waals surface area contributed by atoms with E-state index in [0.29, 0.717) is 5.75 Å². The summed E-state index contributed by atoms with van der Waals surface area (Å²) in [7, 11) is 4.14. The van der Waals surface area contributed by atoms with E-state index in [9.17, 15) is 5.11 Å². The topological polar surface area (TPSA) is 23.5 Å². The first-order valence-corrected chi connectivity index (χ1v) is 5.51. The first-order chi connectivity index (χ1) is 6.59. The lowest BCUT2D eigenvalue weighted by Gasteiger charge is -2.09. The first-order valence-electron chi connectivity index (χ1n) is 4.71. The zero-order valence-corrected chi connectivity index (χ0v) is 10.2. The highest BCUT2D eigenvalue weighted by Crippen LogP contribution is 2.24. The molecule has 0 atom stereocenters. The maximum Gasteiger partial charge on any atom is 0.130 e. The minimum absolute atomic E-state index is 0.326. The molecule has 1 rings (SSSR count). The molecule has 2 nitrogen and oxygen atoms in total. The van der Waals surface area contributed by atoms with E-state index >= 15 is 0 Å². The molecule has 0 radical (unpaired) electrons. The van der Waals surface area contributed by atoms with E-state index in [-0.39, 0.29) is 0 Å². The standard InChI is InChI=1S/C11H16BrNO/c1-13(2)7-3-4-9-5-6-10(12)11(14)8-9/h5-6,8,14H,3-4,7H2,1-2H3. The van der Waals surface area contributed by atoms with E-state index in [1.807, 2.05) is 18.2 Å². The third-order valence-electron chi connectivity index (χ3n) is 2.08. The maximum atomic E-state index is 9.45. The van der Waals surface area contributed by atoms with Crippen molar-refractivity contribution < 1.29 is 5.11 Å². The molecule has 0 fully saturated rings. The van der Waals surface area contributed by atoms with Crippen LogP contribution in [0.3, 0.4) is 0 Å². The van der Waals surface area contributed by atoms with Crippen molar-refractivity contribution in [3.8, 4) is 5.75 Å². The molecule has 1 aromatic rings. The number of phenolic OH excluding ortho intramolecular Hbond substituents is 1. The molecule has 1 N–H and O–H groups in total. The van der Waals surface area contributed by atoms with Gasteiger partial charge in [0.15, 0.2) is 0 Å². The van der Waals surface area contributed by atoms with Crippen molar-refractivity contribution in [3.63, 3.8) is 0 Å². The lowest BCUT2D eigenvalue weighted by atomic mass is 10.1. The summed E-state index contributed by atoms with van der Waals surface area (Å²) in [6.07, 6.45) is 2.13. The fourth-order valence-corrected chi connectivity index (χ4v) is 1.56. The Kier molecular flexibility index (Phi) is 4.42. The predicted octanol–water partition coefficient (Wildman–Crippen LogP) is 2.65. The second-order valence-corrected chi connectivity index (χ2v) is 4.55. The van der Waals surface area contributed by atoms with Crippen molar-refractivity contribution in [3.05, 3.63) is 28.2 Å². The van der Waals surface area contributed by atoms with Crippen LogP contribution in [0.15, 0.2) is 22.7 Å². The van der Waals surface area contributed by atoms with Crippen LogP contribution in [-0.4, -0.2) is 30.6 Å². The van der Waals surface area contributed by atoms with E-state index in [1.54, 1.807) is 0 Å². The van der Waals surface area contributed by atoms with Crippen molar-refractivity contribution in [2.24, 2.45) is 0 Å². The number of benzene rings is 1. The van der Waals surface area contributed by atoms with Crippen LogP contribution in [0.2, 0.25) is 0 Å². The summed E-state index contributed by atoms with van der Waals surface area (Å²) in [5.74, 6) is 0.326. The predicted molar refractivity (Wildman–Crippen MR) is 62.7 cm³/mol. The molecule has 0 aliphatic carbocycles. The van der Waals surface area contributed by atoms with Gasteiger partial charge in [-0.1, -0.05) is 6.07 Å². The highest BCUT2D eigenvalue weighted by molar-refractivity contribution is 9.10. The smallest absolute Gasteiger partial charge is 0.130 e. The number of rotatable bonds is 4. The van der Waals surface area contributed by atoms with Crippen molar-refractivity contribution >= 4 is 15.9 Å². The second kappa shape index (κ2) is 5.37. The lowest BCUT2D eigenvalue weighted by Crippen LogP contribution is -2.13. The Labute approximate surface area is 93.7 Å². The fraction of sp³-hybridized carbons (Fsp3) is 0.455. The van der Waals surface area contributed by atoms with Crippen LogP contribution >= 0.6 is 15.9 Å². The largest absolute Gasteiger partial charge is 0.507 e. The zero-order valence-electron chi connectivity index (χ0n) is 8.63. The molecule has 1 aromatic carbocycles. The maximum absolute atomic E-state index is 9.45. The van der Waals surface area contributed by atoms with Gasteiger partial charge in [0.2, 0.25) is 0 Å². The Morgan fingerprint density at radius 1 is 1.36 bits per heavy atom. The third kappa shape index (κ3) is 3.68.